The number of nitrogens with one attached hydrogen (secondary N) is 2. The monoisotopic (exact) mass is 551 g/mol. The van der Waals surface area contributed by atoms with Gasteiger partial charge in [0.25, 0.3) is 5.91 Å². The first-order valence-electron chi connectivity index (χ1n) is 10.7. The lowest BCUT2D eigenvalue weighted by Crippen LogP contribution is -2.27. The molecule has 0 bridgehead atoms. The summed E-state index contributed by atoms with van der Waals surface area (Å²) in [6, 6.07) is 11.1. The lowest BCUT2D eigenvalue weighted by Gasteiger charge is -2.15. The molecule has 2 amide bonds. The molecule has 0 spiro atoms. The summed E-state index contributed by atoms with van der Waals surface area (Å²) < 4.78 is 27.2. The summed E-state index contributed by atoms with van der Waals surface area (Å²) in [7, 11) is -3.53. The van der Waals surface area contributed by atoms with E-state index in [0.29, 0.717) is 33.7 Å². The lowest BCUT2D eigenvalue weighted by molar-refractivity contribution is -0.113. The van der Waals surface area contributed by atoms with Gasteiger partial charge in [0.2, 0.25) is 21.1 Å². The topological polar surface area (TPSA) is 121 Å². The van der Waals surface area contributed by atoms with Crippen LogP contribution in [0.25, 0.3) is 0 Å². The fraction of sp³-hybridized carbons (Fsp3) is 0.273. The number of carbonyl (C=O) groups excluding carboxylic acids is 2. The summed E-state index contributed by atoms with van der Waals surface area (Å²) in [5.74, 6) is -0.544. The molecule has 1 fully saturated rings. The van der Waals surface area contributed by atoms with Gasteiger partial charge in [-0.15, -0.1) is 10.2 Å². The number of amides is 2. The van der Waals surface area contributed by atoms with E-state index in [9.17, 15) is 18.0 Å². The molecule has 0 aliphatic carbocycles. The summed E-state index contributed by atoms with van der Waals surface area (Å²) in [5.41, 5.74) is 1.83. The average molecular weight is 552 g/mol. The molecule has 2 aromatic carbocycles. The van der Waals surface area contributed by atoms with Crippen LogP contribution in [0.2, 0.25) is 5.02 Å². The van der Waals surface area contributed by atoms with Crippen molar-refractivity contribution in [3.8, 4) is 0 Å². The van der Waals surface area contributed by atoms with Crippen LogP contribution in [0.3, 0.4) is 0 Å². The van der Waals surface area contributed by atoms with Crippen molar-refractivity contribution in [3.05, 3.63) is 58.6 Å². The molecule has 13 heteroatoms. The van der Waals surface area contributed by atoms with Gasteiger partial charge in [0, 0.05) is 29.4 Å². The second-order valence-electron chi connectivity index (χ2n) is 7.76. The lowest BCUT2D eigenvalue weighted by atomic mass is 10.2. The Labute approximate surface area is 216 Å². The van der Waals surface area contributed by atoms with Crippen LogP contribution in [0.15, 0.2) is 51.7 Å². The first-order valence-corrected chi connectivity index (χ1v) is 14.3. The Kier molecular flexibility index (Phi) is 8.07. The molecule has 0 radical (unpaired) electrons. The number of nitrogens with zero attached hydrogens (tertiary/aromatic N) is 3. The molecule has 2 heterocycles. The van der Waals surface area contributed by atoms with Gasteiger partial charge in [0.1, 0.15) is 0 Å². The smallest absolute Gasteiger partial charge is 0.257 e. The molecule has 0 unspecified atom stereocenters. The Hall–Kier alpha value is -2.51. The summed E-state index contributed by atoms with van der Waals surface area (Å²) in [5, 5.41) is 14.2. The molecule has 2 N–H and O–H groups in total. The number of hydrogen-bond donors (Lipinski definition) is 2. The third-order valence-electron chi connectivity index (χ3n) is 5.23. The minimum atomic E-state index is -3.53. The SMILES string of the molecule is Cc1ccc(NC(=O)CSc2nnc(NC(=O)c3ccc(S(=O)(=O)N4CCCC4)cc3)s2)cc1Cl. The molecule has 9 nitrogen and oxygen atoms in total. The molecule has 1 saturated heterocycles. The second-order valence-corrected chi connectivity index (χ2v) is 12.3. The fourth-order valence-electron chi connectivity index (χ4n) is 3.34. The predicted molar refractivity (Wildman–Crippen MR) is 138 cm³/mol. The summed E-state index contributed by atoms with van der Waals surface area (Å²) in [6.07, 6.45) is 1.71. The highest BCUT2D eigenvalue weighted by atomic mass is 35.5. The van der Waals surface area contributed by atoms with Crippen LogP contribution in [-0.4, -0.2) is 53.6 Å². The van der Waals surface area contributed by atoms with Gasteiger partial charge >= 0.3 is 0 Å². The highest BCUT2D eigenvalue weighted by molar-refractivity contribution is 8.01. The number of anilines is 2. The number of aryl methyl sites for hydroxylation is 1. The Balaban J connectivity index is 1.30. The molecular weight excluding hydrogens is 530 g/mol. The maximum Gasteiger partial charge on any atom is 0.257 e. The third kappa shape index (κ3) is 6.39. The molecule has 1 aromatic heterocycles. The molecule has 4 rings (SSSR count). The average Bonchev–Trinajstić information content (AvgIpc) is 3.53. The quantitative estimate of drug-likeness (QED) is 0.317. The van der Waals surface area contributed by atoms with Crippen molar-refractivity contribution < 1.29 is 18.0 Å². The van der Waals surface area contributed by atoms with Gasteiger partial charge in [-0.05, 0) is 61.7 Å². The number of hydrogen-bond acceptors (Lipinski definition) is 8. The van der Waals surface area contributed by atoms with E-state index in [1.807, 2.05) is 13.0 Å². The highest BCUT2D eigenvalue weighted by Crippen LogP contribution is 2.27. The number of aromatic nitrogens is 2. The molecule has 1 aliphatic rings. The van der Waals surface area contributed by atoms with Gasteiger partial charge in [-0.1, -0.05) is 40.8 Å². The second kappa shape index (κ2) is 11.0. The van der Waals surface area contributed by atoms with E-state index in [2.05, 4.69) is 20.8 Å². The first-order chi connectivity index (χ1) is 16.7. The number of rotatable bonds is 8. The fourth-order valence-corrected chi connectivity index (χ4v) is 6.58. The van der Waals surface area contributed by atoms with Gasteiger partial charge < -0.3 is 5.32 Å². The Morgan fingerprint density at radius 2 is 1.80 bits per heavy atom. The zero-order chi connectivity index (χ0) is 25.0. The molecule has 0 atom stereocenters. The van der Waals surface area contributed by atoms with E-state index < -0.39 is 15.9 Å². The summed E-state index contributed by atoms with van der Waals surface area (Å²) in [6.45, 7) is 2.92. The van der Waals surface area contributed by atoms with Gasteiger partial charge in [0.05, 0.1) is 10.6 Å². The van der Waals surface area contributed by atoms with Crippen LogP contribution in [-0.2, 0) is 14.8 Å². The third-order valence-corrected chi connectivity index (χ3v) is 9.52. The van der Waals surface area contributed by atoms with Gasteiger partial charge in [0.15, 0.2) is 4.34 Å². The van der Waals surface area contributed by atoms with Crippen LogP contribution in [0.4, 0.5) is 10.8 Å². The number of benzene rings is 2. The standard InChI is InChI=1S/C22H22ClN5O4S3/c1-14-4-7-16(12-18(14)23)24-19(29)13-33-22-27-26-21(34-22)25-20(30)15-5-8-17(9-6-15)35(31,32)28-10-2-3-11-28/h4-9,12H,2-3,10-11,13H2,1H3,(H,24,29)(H,25,26,30). The molecule has 3 aromatic rings. The van der Waals surface area contributed by atoms with Crippen LogP contribution in [0, 0.1) is 6.92 Å². The van der Waals surface area contributed by atoms with E-state index in [4.69, 9.17) is 11.6 Å². The summed E-state index contributed by atoms with van der Waals surface area (Å²) >= 11 is 8.41. The predicted octanol–water partition coefficient (Wildman–Crippen LogP) is 4.27. The summed E-state index contributed by atoms with van der Waals surface area (Å²) in [4.78, 5) is 24.9. The zero-order valence-electron chi connectivity index (χ0n) is 18.7. The Morgan fingerprint density at radius 3 is 2.49 bits per heavy atom. The van der Waals surface area contributed by atoms with E-state index in [1.54, 1.807) is 12.1 Å². The maximum absolute atomic E-state index is 12.6. The van der Waals surface area contributed by atoms with Gasteiger partial charge in [-0.25, -0.2) is 8.42 Å². The number of carbonyl (C=O) groups is 2. The Bertz CT molecular complexity index is 1340. The van der Waals surface area contributed by atoms with Crippen molar-refractivity contribution in [3.63, 3.8) is 0 Å². The largest absolute Gasteiger partial charge is 0.325 e. The molecule has 1 aliphatic heterocycles. The van der Waals surface area contributed by atoms with Crippen LogP contribution in [0.5, 0.6) is 0 Å². The van der Waals surface area contributed by atoms with Gasteiger partial charge in [-0.3, -0.25) is 14.9 Å². The van der Waals surface area contributed by atoms with Crippen molar-refractivity contribution in [1.82, 2.24) is 14.5 Å². The molecule has 0 saturated carbocycles. The van der Waals surface area contributed by atoms with Crippen molar-refractivity contribution in [2.45, 2.75) is 29.0 Å². The van der Waals surface area contributed by atoms with E-state index in [0.717, 1.165) is 29.7 Å². The number of halogens is 1. The molecule has 184 valence electrons. The number of thioether (sulfide) groups is 1. The van der Waals surface area contributed by atoms with E-state index in [1.165, 1.54) is 40.3 Å². The van der Waals surface area contributed by atoms with Crippen LogP contribution < -0.4 is 10.6 Å². The maximum atomic E-state index is 12.6. The van der Waals surface area contributed by atoms with Crippen molar-refractivity contribution in [2.75, 3.05) is 29.5 Å². The minimum Gasteiger partial charge on any atom is -0.325 e. The first kappa shape index (κ1) is 25.6. The van der Waals surface area contributed by atoms with E-state index in [-0.39, 0.29) is 21.7 Å². The van der Waals surface area contributed by atoms with Crippen LogP contribution in [0.1, 0.15) is 28.8 Å². The highest BCUT2D eigenvalue weighted by Gasteiger charge is 2.27. The van der Waals surface area contributed by atoms with Crippen molar-refractivity contribution in [1.29, 1.82) is 0 Å². The number of sulfonamides is 1. The van der Waals surface area contributed by atoms with Crippen molar-refractivity contribution in [2.24, 2.45) is 0 Å². The minimum absolute atomic E-state index is 0.112. The van der Waals surface area contributed by atoms with E-state index >= 15 is 0 Å². The zero-order valence-corrected chi connectivity index (χ0v) is 21.9. The normalized spacial score (nSPS) is 14.1. The van der Waals surface area contributed by atoms with Crippen molar-refractivity contribution >= 4 is 67.4 Å². The van der Waals surface area contributed by atoms with Gasteiger partial charge in [-0.2, -0.15) is 4.31 Å². The Morgan fingerprint density at radius 1 is 1.09 bits per heavy atom. The molecular formula is C22H22ClN5O4S3. The molecule has 35 heavy (non-hydrogen) atoms. The van der Waals surface area contributed by atoms with Crippen LogP contribution >= 0.6 is 34.7 Å².